The van der Waals surface area contributed by atoms with Crippen LogP contribution in [0.3, 0.4) is 0 Å². The van der Waals surface area contributed by atoms with Crippen LogP contribution in [0.1, 0.15) is 0 Å². The Morgan fingerprint density at radius 3 is 2.00 bits per heavy atom. The van der Waals surface area contributed by atoms with Gasteiger partial charge in [-0.05, 0) is 79.8 Å². The highest BCUT2D eigenvalue weighted by molar-refractivity contribution is 6.18. The van der Waals surface area contributed by atoms with E-state index in [-0.39, 0.29) is 0 Å². The van der Waals surface area contributed by atoms with E-state index in [1.54, 1.807) is 6.20 Å². The summed E-state index contributed by atoms with van der Waals surface area (Å²) in [6.07, 6.45) is 3.62. The largest absolute Gasteiger partial charge is 0.452 e. The summed E-state index contributed by atoms with van der Waals surface area (Å²) < 4.78 is 6.50. The van der Waals surface area contributed by atoms with Gasteiger partial charge in [-0.25, -0.2) is 0 Å². The molecule has 0 atom stereocenters. The molecule has 2 heterocycles. The van der Waals surface area contributed by atoms with Crippen molar-refractivity contribution in [2.75, 3.05) is 4.90 Å². The molecule has 0 aliphatic carbocycles. The van der Waals surface area contributed by atoms with E-state index in [1.165, 1.54) is 43.4 Å². The molecule has 0 bridgehead atoms. The third-order valence-electron chi connectivity index (χ3n) is 8.74. The van der Waals surface area contributed by atoms with E-state index < -0.39 is 0 Å². The number of para-hydroxylation sites is 1. The fourth-order valence-corrected chi connectivity index (χ4v) is 6.62. The van der Waals surface area contributed by atoms with E-state index in [4.69, 9.17) is 4.42 Å². The minimum absolute atomic E-state index is 0.783. The normalized spacial score (nSPS) is 11.6. The lowest BCUT2D eigenvalue weighted by molar-refractivity contribution is 0.667. The van der Waals surface area contributed by atoms with E-state index in [2.05, 4.69) is 149 Å². The molecule has 0 N–H and O–H groups in total. The number of fused-ring (bicyclic) bond motifs is 8. The second kappa shape index (κ2) is 9.82. The quantitative estimate of drug-likeness (QED) is 0.200. The van der Waals surface area contributed by atoms with Crippen LogP contribution in [0.4, 0.5) is 17.1 Å². The summed E-state index contributed by atoms with van der Waals surface area (Å²) in [5.74, 6) is 0. The minimum Gasteiger partial charge on any atom is -0.452 e. The molecule has 0 unspecified atom stereocenters. The summed E-state index contributed by atoms with van der Waals surface area (Å²) in [5, 5.41) is 9.60. The first-order valence-corrected chi connectivity index (χ1v) is 14.9. The van der Waals surface area contributed by atoms with E-state index in [0.717, 1.165) is 39.0 Å². The molecule has 0 fully saturated rings. The Morgan fingerprint density at radius 1 is 0.455 bits per heavy atom. The van der Waals surface area contributed by atoms with Gasteiger partial charge in [0.25, 0.3) is 0 Å². The summed E-state index contributed by atoms with van der Waals surface area (Å²) in [6, 6.07) is 52.1. The predicted octanol–water partition coefficient (Wildman–Crippen LogP) is 11.6. The van der Waals surface area contributed by atoms with Crippen LogP contribution >= 0.6 is 0 Å². The molecule has 0 aliphatic rings. The lowest BCUT2D eigenvalue weighted by Gasteiger charge is -2.26. The molecule has 0 spiro atoms. The Bertz CT molecular complexity index is 2490. The lowest BCUT2D eigenvalue weighted by atomic mass is 9.96. The smallest absolute Gasteiger partial charge is 0.159 e. The number of aromatic nitrogens is 1. The Kier molecular flexibility index (Phi) is 5.50. The lowest BCUT2D eigenvalue weighted by Crippen LogP contribution is -2.10. The van der Waals surface area contributed by atoms with Gasteiger partial charge in [0.15, 0.2) is 11.2 Å². The first-order chi connectivity index (χ1) is 21.8. The van der Waals surface area contributed by atoms with Crippen LogP contribution in [0.15, 0.2) is 162 Å². The fraction of sp³-hybridized carbons (Fsp3) is 0. The van der Waals surface area contributed by atoms with Crippen LogP contribution in [0.25, 0.3) is 65.4 Å². The SMILES string of the molecule is c1ccc(-c2ccc(N(c3ccc4ccc5c6ccccc6ccc5c4c3)c3cccc4c3oc3cnccc34)cc2)cc1. The van der Waals surface area contributed by atoms with Gasteiger partial charge < -0.3 is 9.32 Å². The number of rotatable bonds is 4. The fourth-order valence-electron chi connectivity index (χ4n) is 6.62. The standard InChI is InChI=1S/C41H26N2O/c1-2-7-27(8-3-1)28-13-18-31(19-14-28)43(39-12-6-11-37-36-23-24-42-26-40(36)44-41(37)39)32-20-15-30-17-21-34-33-10-5-4-9-29(33)16-22-35(34)38(30)25-32/h1-26H. The molecule has 9 rings (SSSR count). The van der Waals surface area contributed by atoms with Crippen molar-refractivity contribution in [3.05, 3.63) is 158 Å². The maximum absolute atomic E-state index is 6.50. The molecule has 206 valence electrons. The molecule has 0 saturated carbocycles. The molecule has 7 aromatic carbocycles. The van der Waals surface area contributed by atoms with Crippen molar-refractivity contribution in [2.45, 2.75) is 0 Å². The third-order valence-corrected chi connectivity index (χ3v) is 8.74. The van der Waals surface area contributed by atoms with Gasteiger partial charge in [0.2, 0.25) is 0 Å². The van der Waals surface area contributed by atoms with E-state index in [9.17, 15) is 0 Å². The van der Waals surface area contributed by atoms with Gasteiger partial charge >= 0.3 is 0 Å². The molecule has 0 amide bonds. The van der Waals surface area contributed by atoms with E-state index in [0.29, 0.717) is 0 Å². The second-order valence-electron chi connectivity index (χ2n) is 11.2. The van der Waals surface area contributed by atoms with Crippen LogP contribution in [0.5, 0.6) is 0 Å². The van der Waals surface area contributed by atoms with Crippen molar-refractivity contribution in [3.63, 3.8) is 0 Å². The molecule has 3 heteroatoms. The van der Waals surface area contributed by atoms with Gasteiger partial charge in [0.1, 0.15) is 0 Å². The maximum Gasteiger partial charge on any atom is 0.159 e. The number of furan rings is 1. The number of hydrogen-bond acceptors (Lipinski definition) is 3. The Hall–Kier alpha value is -5.93. The maximum atomic E-state index is 6.50. The summed E-state index contributed by atoms with van der Waals surface area (Å²) in [4.78, 5) is 6.63. The zero-order valence-corrected chi connectivity index (χ0v) is 23.8. The molecule has 0 aliphatic heterocycles. The zero-order chi connectivity index (χ0) is 29.0. The molecular formula is C41H26N2O. The molecular weight excluding hydrogens is 536 g/mol. The van der Waals surface area contributed by atoms with Crippen molar-refractivity contribution in [1.82, 2.24) is 4.98 Å². The molecule has 9 aromatic rings. The first-order valence-electron chi connectivity index (χ1n) is 14.9. The van der Waals surface area contributed by atoms with E-state index in [1.807, 2.05) is 12.3 Å². The number of pyridine rings is 1. The molecule has 2 aromatic heterocycles. The predicted molar refractivity (Wildman–Crippen MR) is 184 cm³/mol. The molecule has 0 saturated heterocycles. The first kappa shape index (κ1) is 24.6. The minimum atomic E-state index is 0.783. The van der Waals surface area contributed by atoms with Crippen molar-refractivity contribution in [1.29, 1.82) is 0 Å². The Labute approximate surface area is 254 Å². The summed E-state index contributed by atoms with van der Waals surface area (Å²) >= 11 is 0. The van der Waals surface area contributed by atoms with Gasteiger partial charge in [-0.1, -0.05) is 109 Å². The summed E-state index contributed by atoms with van der Waals surface area (Å²) in [6.45, 7) is 0. The number of hydrogen-bond donors (Lipinski definition) is 0. The molecule has 0 radical (unpaired) electrons. The van der Waals surface area contributed by atoms with Gasteiger partial charge in [0.05, 0.1) is 11.9 Å². The zero-order valence-electron chi connectivity index (χ0n) is 23.8. The number of nitrogens with zero attached hydrogens (tertiary/aromatic N) is 2. The van der Waals surface area contributed by atoms with Crippen molar-refractivity contribution < 1.29 is 4.42 Å². The average Bonchev–Trinajstić information content (AvgIpc) is 3.48. The number of anilines is 3. The van der Waals surface area contributed by atoms with Crippen LogP contribution in [-0.4, -0.2) is 4.98 Å². The highest BCUT2D eigenvalue weighted by Crippen LogP contribution is 2.43. The Balaban J connectivity index is 1.29. The van der Waals surface area contributed by atoms with Gasteiger partial charge in [0, 0.05) is 28.3 Å². The average molecular weight is 563 g/mol. The van der Waals surface area contributed by atoms with Crippen molar-refractivity contribution in [2.24, 2.45) is 0 Å². The summed E-state index contributed by atoms with van der Waals surface area (Å²) in [7, 11) is 0. The summed E-state index contributed by atoms with van der Waals surface area (Å²) in [5.41, 5.74) is 7.10. The highest BCUT2D eigenvalue weighted by Gasteiger charge is 2.20. The Morgan fingerprint density at radius 2 is 1.14 bits per heavy atom. The van der Waals surface area contributed by atoms with E-state index >= 15 is 0 Å². The van der Waals surface area contributed by atoms with Crippen LogP contribution in [0.2, 0.25) is 0 Å². The van der Waals surface area contributed by atoms with Crippen LogP contribution in [0, 0.1) is 0 Å². The second-order valence-corrected chi connectivity index (χ2v) is 11.2. The van der Waals surface area contributed by atoms with Crippen LogP contribution < -0.4 is 4.90 Å². The van der Waals surface area contributed by atoms with Gasteiger partial charge in [-0.3, -0.25) is 4.98 Å². The topological polar surface area (TPSA) is 29.3 Å². The number of benzene rings is 7. The molecule has 3 nitrogen and oxygen atoms in total. The van der Waals surface area contributed by atoms with Gasteiger partial charge in [-0.2, -0.15) is 0 Å². The van der Waals surface area contributed by atoms with Crippen LogP contribution in [-0.2, 0) is 0 Å². The van der Waals surface area contributed by atoms with Crippen molar-refractivity contribution >= 4 is 71.3 Å². The van der Waals surface area contributed by atoms with Gasteiger partial charge in [-0.15, -0.1) is 0 Å². The van der Waals surface area contributed by atoms with Crippen molar-refractivity contribution in [3.8, 4) is 11.1 Å². The monoisotopic (exact) mass is 562 g/mol. The molecule has 44 heavy (non-hydrogen) atoms. The third kappa shape index (κ3) is 3.87. The highest BCUT2D eigenvalue weighted by atomic mass is 16.3.